The highest BCUT2D eigenvalue weighted by Crippen LogP contribution is 2.44. The molecule has 2 saturated carbocycles. The molecule has 2 heteroatoms. The maximum atomic E-state index is 10.9. The molecule has 0 unspecified atom stereocenters. The zero-order valence-electron chi connectivity index (χ0n) is 18.5. The van der Waals surface area contributed by atoms with E-state index < -0.39 is 5.97 Å². The van der Waals surface area contributed by atoms with Crippen LogP contribution < -0.4 is 0 Å². The molecule has 0 bridgehead atoms. The lowest BCUT2D eigenvalue weighted by Crippen LogP contribution is -2.25. The Hall–Kier alpha value is -1.57. The molecule has 0 saturated heterocycles. The van der Waals surface area contributed by atoms with Gasteiger partial charge in [0.25, 0.3) is 0 Å². The fraction of sp³-hybridized carbons (Fsp3) is 0.667. The van der Waals surface area contributed by atoms with Crippen LogP contribution in [0.25, 0.3) is 5.57 Å². The fourth-order valence-corrected chi connectivity index (χ4v) is 5.84. The fourth-order valence-electron chi connectivity index (χ4n) is 5.84. The minimum atomic E-state index is -0.875. The summed E-state index contributed by atoms with van der Waals surface area (Å²) in [6.07, 6.45) is 18.4. The normalized spacial score (nSPS) is 28.3. The molecule has 2 nitrogen and oxygen atoms in total. The maximum absolute atomic E-state index is 10.9. The number of aliphatic carboxylic acids is 1. The molecule has 0 aromatic heterocycles. The molecule has 160 valence electrons. The van der Waals surface area contributed by atoms with Gasteiger partial charge < -0.3 is 5.11 Å². The molecule has 0 spiro atoms. The van der Waals surface area contributed by atoms with E-state index in [1.165, 1.54) is 88.7 Å². The molecular formula is C27H40O2. The molecular weight excluding hydrogens is 356 g/mol. The second-order valence-electron chi connectivity index (χ2n) is 9.68. The molecule has 0 radical (unpaired) electrons. The molecule has 2 fully saturated rings. The average Bonchev–Trinajstić information content (AvgIpc) is 2.74. The minimum Gasteiger partial charge on any atom is -0.478 e. The van der Waals surface area contributed by atoms with Crippen molar-refractivity contribution in [2.24, 2.45) is 17.8 Å². The van der Waals surface area contributed by atoms with Gasteiger partial charge in [-0.25, -0.2) is 4.79 Å². The number of carbonyl (C=O) groups is 1. The molecule has 0 heterocycles. The van der Waals surface area contributed by atoms with Crippen LogP contribution in [0.1, 0.15) is 108 Å². The number of hydrogen-bond donors (Lipinski definition) is 1. The van der Waals surface area contributed by atoms with Gasteiger partial charge in [0.05, 0.1) is 0 Å². The molecule has 0 aliphatic heterocycles. The van der Waals surface area contributed by atoms with Crippen molar-refractivity contribution in [2.45, 2.75) is 96.8 Å². The van der Waals surface area contributed by atoms with E-state index >= 15 is 0 Å². The molecule has 3 rings (SSSR count). The first-order chi connectivity index (χ1) is 14.1. The zero-order chi connectivity index (χ0) is 20.6. The highest BCUT2D eigenvalue weighted by atomic mass is 16.4. The van der Waals surface area contributed by atoms with Crippen LogP contribution in [0.4, 0.5) is 0 Å². The van der Waals surface area contributed by atoms with Crippen molar-refractivity contribution in [3.05, 3.63) is 41.5 Å². The summed E-state index contributed by atoms with van der Waals surface area (Å²) in [5.74, 6) is 2.79. The predicted molar refractivity (Wildman–Crippen MR) is 122 cm³/mol. The number of allylic oxidation sites excluding steroid dienone is 1. The summed E-state index contributed by atoms with van der Waals surface area (Å²) in [6.45, 7) is 4.17. The molecule has 1 N–H and O–H groups in total. The lowest BCUT2D eigenvalue weighted by Gasteiger charge is -2.38. The number of carboxylic acids is 1. The number of rotatable bonds is 8. The van der Waals surface area contributed by atoms with Crippen molar-refractivity contribution < 1.29 is 9.90 Å². The first-order valence-electron chi connectivity index (χ1n) is 12.1. The third-order valence-electron chi connectivity index (χ3n) is 7.72. The van der Waals surface area contributed by atoms with Gasteiger partial charge in [0.15, 0.2) is 0 Å². The monoisotopic (exact) mass is 396 g/mol. The minimum absolute atomic E-state index is 0.689. The number of hydrogen-bond acceptors (Lipinski definition) is 1. The van der Waals surface area contributed by atoms with E-state index in [4.69, 9.17) is 5.11 Å². The quantitative estimate of drug-likeness (QED) is 0.359. The van der Waals surface area contributed by atoms with Gasteiger partial charge in [0.1, 0.15) is 0 Å². The molecule has 1 aromatic rings. The smallest absolute Gasteiger partial charge is 0.328 e. The first kappa shape index (κ1) is 22.1. The van der Waals surface area contributed by atoms with Gasteiger partial charge in [-0.15, -0.1) is 0 Å². The van der Waals surface area contributed by atoms with Gasteiger partial charge in [-0.3, -0.25) is 0 Å². The van der Waals surface area contributed by atoms with E-state index in [0.29, 0.717) is 5.92 Å². The summed E-state index contributed by atoms with van der Waals surface area (Å²) in [7, 11) is 0. The highest BCUT2D eigenvalue weighted by molar-refractivity contribution is 5.89. The molecule has 1 aromatic carbocycles. The van der Waals surface area contributed by atoms with Crippen LogP contribution in [0.5, 0.6) is 0 Å². The number of carboxylic acid groups (broad SMARTS) is 1. The molecule has 2 aliphatic rings. The van der Waals surface area contributed by atoms with E-state index in [9.17, 15) is 4.79 Å². The Morgan fingerprint density at radius 3 is 2.07 bits per heavy atom. The van der Waals surface area contributed by atoms with Crippen molar-refractivity contribution in [3.8, 4) is 0 Å². The maximum Gasteiger partial charge on any atom is 0.328 e. The topological polar surface area (TPSA) is 37.3 Å². The Kier molecular flexibility index (Phi) is 8.39. The van der Waals surface area contributed by atoms with E-state index in [-0.39, 0.29) is 0 Å². The second-order valence-corrected chi connectivity index (χ2v) is 9.68. The lowest BCUT2D eigenvalue weighted by molar-refractivity contribution is -0.131. The van der Waals surface area contributed by atoms with E-state index in [2.05, 4.69) is 31.2 Å². The van der Waals surface area contributed by atoms with Crippen LogP contribution in [0.15, 0.2) is 30.3 Å². The van der Waals surface area contributed by atoms with Crippen LogP contribution in [0.3, 0.4) is 0 Å². The van der Waals surface area contributed by atoms with Crippen LogP contribution in [-0.2, 0) is 4.79 Å². The second kappa shape index (κ2) is 11.0. The molecule has 0 amide bonds. The zero-order valence-corrected chi connectivity index (χ0v) is 18.5. The summed E-state index contributed by atoms with van der Waals surface area (Å²) in [4.78, 5) is 10.9. The van der Waals surface area contributed by atoms with E-state index in [0.717, 1.165) is 28.9 Å². The molecule has 0 atom stereocenters. The summed E-state index contributed by atoms with van der Waals surface area (Å²) >= 11 is 0. The van der Waals surface area contributed by atoms with Crippen molar-refractivity contribution in [2.75, 3.05) is 0 Å². The Morgan fingerprint density at radius 2 is 1.52 bits per heavy atom. The summed E-state index contributed by atoms with van der Waals surface area (Å²) in [5.41, 5.74) is 3.27. The van der Waals surface area contributed by atoms with Crippen LogP contribution in [0.2, 0.25) is 0 Å². The van der Waals surface area contributed by atoms with E-state index in [1.807, 2.05) is 6.92 Å². The highest BCUT2D eigenvalue weighted by Gasteiger charge is 2.31. The van der Waals surface area contributed by atoms with Gasteiger partial charge in [-0.2, -0.15) is 0 Å². The summed E-state index contributed by atoms with van der Waals surface area (Å²) in [6, 6.07) is 8.63. The van der Waals surface area contributed by atoms with Crippen molar-refractivity contribution in [3.63, 3.8) is 0 Å². The van der Waals surface area contributed by atoms with Crippen molar-refractivity contribution >= 4 is 11.5 Å². The Morgan fingerprint density at radius 1 is 0.931 bits per heavy atom. The average molecular weight is 397 g/mol. The first-order valence-corrected chi connectivity index (χ1v) is 12.1. The van der Waals surface area contributed by atoms with E-state index in [1.54, 1.807) is 0 Å². The third kappa shape index (κ3) is 6.46. The Bertz CT molecular complexity index is 656. The standard InChI is InChI=1S/C27H40O2/c1-3-4-5-6-21-7-9-23(10-8-21)25-15-17-26(18-16-25)24-13-11-22(12-14-24)20(2)19-27(28)29/h11-14,19,21,23,25-26H,3-10,15-18H2,1-2H3,(H,28,29). The SMILES string of the molecule is CCCCCC1CCC(C2CCC(c3ccc(C(C)=CC(=O)O)cc3)CC2)CC1. The van der Waals surface area contributed by atoms with Crippen LogP contribution >= 0.6 is 0 Å². The predicted octanol–water partition coefficient (Wildman–Crippen LogP) is 7.84. The number of benzene rings is 1. The Labute approximate surface area is 177 Å². The summed E-state index contributed by atoms with van der Waals surface area (Å²) in [5, 5.41) is 8.92. The number of unbranched alkanes of at least 4 members (excludes halogenated alkanes) is 2. The van der Waals surface area contributed by atoms with Gasteiger partial charge in [0, 0.05) is 6.08 Å². The Balaban J connectivity index is 1.44. The largest absolute Gasteiger partial charge is 0.478 e. The van der Waals surface area contributed by atoms with Crippen LogP contribution in [0, 0.1) is 17.8 Å². The summed E-state index contributed by atoms with van der Waals surface area (Å²) < 4.78 is 0. The van der Waals surface area contributed by atoms with Crippen LogP contribution in [-0.4, -0.2) is 11.1 Å². The van der Waals surface area contributed by atoms with Gasteiger partial charge >= 0.3 is 5.97 Å². The third-order valence-corrected chi connectivity index (χ3v) is 7.72. The molecule has 29 heavy (non-hydrogen) atoms. The lowest BCUT2D eigenvalue weighted by atomic mass is 9.68. The van der Waals surface area contributed by atoms with Gasteiger partial charge in [-0.05, 0) is 85.8 Å². The van der Waals surface area contributed by atoms with Gasteiger partial charge in [-0.1, -0.05) is 69.7 Å². The van der Waals surface area contributed by atoms with Gasteiger partial charge in [0.2, 0.25) is 0 Å². The van der Waals surface area contributed by atoms with Crippen molar-refractivity contribution in [1.82, 2.24) is 0 Å². The van der Waals surface area contributed by atoms with Crippen molar-refractivity contribution in [1.29, 1.82) is 0 Å². The molecule has 2 aliphatic carbocycles.